The summed E-state index contributed by atoms with van der Waals surface area (Å²) < 4.78 is 42.7. The first-order valence-corrected chi connectivity index (χ1v) is 8.64. The SMILES string of the molecule is Oc1c2c(C(F)(F)F)cc(-c3ccc(Cl)cc3Cl)cc2c2n1CCNC2. The highest BCUT2D eigenvalue weighted by Gasteiger charge is 2.36. The third-order valence-electron chi connectivity index (χ3n) is 4.61. The fraction of sp³-hybridized carbons (Fsp3) is 0.222. The Bertz CT molecular complexity index is 1030. The molecule has 0 saturated carbocycles. The van der Waals surface area contributed by atoms with Gasteiger partial charge in [-0.25, -0.2) is 0 Å². The topological polar surface area (TPSA) is 37.2 Å². The number of hydrogen-bond acceptors (Lipinski definition) is 2. The van der Waals surface area contributed by atoms with Crippen molar-refractivity contribution in [2.24, 2.45) is 0 Å². The van der Waals surface area contributed by atoms with Crippen LogP contribution in [0.3, 0.4) is 0 Å². The minimum Gasteiger partial charge on any atom is -0.494 e. The second-order valence-corrected chi connectivity index (χ2v) is 7.01. The number of aromatic nitrogens is 1. The molecule has 0 bridgehead atoms. The molecule has 1 aliphatic rings. The van der Waals surface area contributed by atoms with Crippen LogP contribution in [0.15, 0.2) is 30.3 Å². The molecule has 0 radical (unpaired) electrons. The minimum absolute atomic E-state index is 0.176. The van der Waals surface area contributed by atoms with Crippen LogP contribution in [0, 0.1) is 0 Å². The summed E-state index contributed by atoms with van der Waals surface area (Å²) in [6.07, 6.45) is -4.62. The van der Waals surface area contributed by atoms with Crippen molar-refractivity contribution in [3.63, 3.8) is 0 Å². The number of nitrogens with one attached hydrogen (secondary N) is 1. The van der Waals surface area contributed by atoms with E-state index in [9.17, 15) is 18.3 Å². The van der Waals surface area contributed by atoms with E-state index in [1.54, 1.807) is 18.2 Å². The van der Waals surface area contributed by atoms with Gasteiger partial charge in [-0.15, -0.1) is 0 Å². The lowest BCUT2D eigenvalue weighted by molar-refractivity contribution is -0.136. The summed E-state index contributed by atoms with van der Waals surface area (Å²) in [7, 11) is 0. The van der Waals surface area contributed by atoms with Crippen LogP contribution in [0.5, 0.6) is 5.88 Å². The van der Waals surface area contributed by atoms with E-state index in [0.29, 0.717) is 46.9 Å². The molecule has 0 aliphatic carbocycles. The van der Waals surface area contributed by atoms with Gasteiger partial charge in [-0.2, -0.15) is 13.2 Å². The fourth-order valence-electron chi connectivity index (χ4n) is 3.45. The number of fused-ring (bicyclic) bond motifs is 3. The lowest BCUT2D eigenvalue weighted by Crippen LogP contribution is -2.27. The number of hydrogen-bond donors (Lipinski definition) is 2. The predicted molar refractivity (Wildman–Crippen MR) is 95.8 cm³/mol. The smallest absolute Gasteiger partial charge is 0.417 e. The molecule has 4 rings (SSSR count). The van der Waals surface area contributed by atoms with Gasteiger partial charge in [-0.3, -0.25) is 0 Å². The molecule has 0 spiro atoms. The van der Waals surface area contributed by atoms with Gasteiger partial charge >= 0.3 is 6.18 Å². The monoisotopic (exact) mass is 400 g/mol. The lowest BCUT2D eigenvalue weighted by atomic mass is 9.97. The van der Waals surface area contributed by atoms with E-state index in [1.807, 2.05) is 0 Å². The molecule has 2 N–H and O–H groups in total. The van der Waals surface area contributed by atoms with Crippen LogP contribution in [0.4, 0.5) is 13.2 Å². The number of rotatable bonds is 1. The van der Waals surface area contributed by atoms with Crippen molar-refractivity contribution >= 4 is 34.0 Å². The maximum Gasteiger partial charge on any atom is 0.417 e. The molecule has 136 valence electrons. The average Bonchev–Trinajstić information content (AvgIpc) is 2.87. The Kier molecular flexibility index (Phi) is 4.10. The number of halogens is 5. The highest BCUT2D eigenvalue weighted by atomic mass is 35.5. The van der Waals surface area contributed by atoms with E-state index in [0.717, 1.165) is 6.07 Å². The van der Waals surface area contributed by atoms with Gasteiger partial charge in [-0.05, 0) is 29.8 Å². The van der Waals surface area contributed by atoms with Crippen molar-refractivity contribution in [3.8, 4) is 17.0 Å². The first kappa shape index (κ1) is 17.5. The molecule has 2 heterocycles. The van der Waals surface area contributed by atoms with Gasteiger partial charge in [0.15, 0.2) is 5.88 Å². The number of benzene rings is 2. The Morgan fingerprint density at radius 2 is 1.88 bits per heavy atom. The van der Waals surface area contributed by atoms with E-state index in [-0.39, 0.29) is 16.3 Å². The van der Waals surface area contributed by atoms with Gasteiger partial charge in [0.1, 0.15) is 0 Å². The maximum atomic E-state index is 13.7. The Morgan fingerprint density at radius 3 is 2.58 bits per heavy atom. The van der Waals surface area contributed by atoms with E-state index in [4.69, 9.17) is 23.2 Å². The molecule has 8 heteroatoms. The van der Waals surface area contributed by atoms with Crippen LogP contribution >= 0.6 is 23.2 Å². The van der Waals surface area contributed by atoms with Crippen molar-refractivity contribution in [2.75, 3.05) is 6.54 Å². The fourth-order valence-corrected chi connectivity index (χ4v) is 3.97. The molecule has 0 fully saturated rings. The van der Waals surface area contributed by atoms with Crippen molar-refractivity contribution in [3.05, 3.63) is 51.6 Å². The Hall–Kier alpha value is -1.89. The van der Waals surface area contributed by atoms with Crippen molar-refractivity contribution in [2.45, 2.75) is 19.3 Å². The minimum atomic E-state index is -4.62. The molecule has 0 unspecified atom stereocenters. The quantitative estimate of drug-likeness (QED) is 0.570. The molecule has 26 heavy (non-hydrogen) atoms. The maximum absolute atomic E-state index is 13.7. The van der Waals surface area contributed by atoms with Crippen LogP contribution in [-0.4, -0.2) is 16.2 Å². The van der Waals surface area contributed by atoms with Gasteiger partial charge in [0.05, 0.1) is 10.9 Å². The summed E-state index contributed by atoms with van der Waals surface area (Å²) >= 11 is 12.1. The molecular weight excluding hydrogens is 388 g/mol. The molecule has 0 amide bonds. The van der Waals surface area contributed by atoms with Gasteiger partial charge in [0, 0.05) is 46.3 Å². The summed E-state index contributed by atoms with van der Waals surface area (Å²) in [5, 5.41) is 14.4. The zero-order chi connectivity index (χ0) is 18.6. The van der Waals surface area contributed by atoms with Gasteiger partial charge in [0.25, 0.3) is 0 Å². The average molecular weight is 401 g/mol. The first-order valence-electron chi connectivity index (χ1n) is 7.89. The Morgan fingerprint density at radius 1 is 1.12 bits per heavy atom. The molecule has 1 aromatic heterocycles. The number of alkyl halides is 3. The third-order valence-corrected chi connectivity index (χ3v) is 5.15. The molecule has 3 nitrogen and oxygen atoms in total. The summed E-state index contributed by atoms with van der Waals surface area (Å²) in [4.78, 5) is 0. The molecule has 1 aliphatic heterocycles. The van der Waals surface area contributed by atoms with Gasteiger partial charge in [0.2, 0.25) is 0 Å². The van der Waals surface area contributed by atoms with Crippen LogP contribution in [0.1, 0.15) is 11.3 Å². The van der Waals surface area contributed by atoms with E-state index >= 15 is 0 Å². The Labute approximate surface area is 156 Å². The largest absolute Gasteiger partial charge is 0.494 e. The number of nitrogens with zero attached hydrogens (tertiary/aromatic N) is 1. The van der Waals surface area contributed by atoms with E-state index < -0.39 is 11.7 Å². The van der Waals surface area contributed by atoms with Crippen LogP contribution in [0.2, 0.25) is 10.0 Å². The van der Waals surface area contributed by atoms with Gasteiger partial charge < -0.3 is 15.0 Å². The molecule has 0 atom stereocenters. The molecule has 2 aromatic carbocycles. The van der Waals surface area contributed by atoms with Crippen LogP contribution in [0.25, 0.3) is 21.9 Å². The second-order valence-electron chi connectivity index (χ2n) is 6.17. The van der Waals surface area contributed by atoms with E-state index in [2.05, 4.69) is 5.32 Å². The lowest BCUT2D eigenvalue weighted by Gasteiger charge is -2.17. The summed E-state index contributed by atoms with van der Waals surface area (Å²) in [5.41, 5.74) is 0.522. The van der Waals surface area contributed by atoms with Gasteiger partial charge in [-0.1, -0.05) is 29.3 Å². The summed E-state index contributed by atoms with van der Waals surface area (Å²) in [6.45, 7) is 1.37. The van der Waals surface area contributed by atoms with Crippen molar-refractivity contribution in [1.82, 2.24) is 9.88 Å². The highest BCUT2D eigenvalue weighted by Crippen LogP contribution is 2.45. The Balaban J connectivity index is 2.08. The van der Waals surface area contributed by atoms with E-state index in [1.165, 1.54) is 10.6 Å². The first-order chi connectivity index (χ1) is 12.3. The zero-order valence-corrected chi connectivity index (χ0v) is 14.8. The normalized spacial score (nSPS) is 14.7. The highest BCUT2D eigenvalue weighted by molar-refractivity contribution is 6.36. The van der Waals surface area contributed by atoms with Crippen LogP contribution < -0.4 is 5.32 Å². The predicted octanol–water partition coefficient (Wildman–Crippen LogP) is 5.44. The molecule has 0 saturated heterocycles. The third kappa shape index (κ3) is 2.73. The molecule has 3 aromatic rings. The number of aromatic hydroxyl groups is 1. The summed E-state index contributed by atoms with van der Waals surface area (Å²) in [6, 6.07) is 7.32. The summed E-state index contributed by atoms with van der Waals surface area (Å²) in [5.74, 6) is -0.349. The standard InChI is InChI=1S/C18H13Cl2F3N2O/c19-10-1-2-11(14(20)7-10)9-5-12-15-8-24-3-4-25(15)17(26)16(12)13(6-9)18(21,22)23/h1-2,5-7,24,26H,3-4,8H2. The zero-order valence-electron chi connectivity index (χ0n) is 13.3. The van der Waals surface area contributed by atoms with Crippen molar-refractivity contribution in [1.29, 1.82) is 0 Å². The molecular formula is C18H13Cl2F3N2O. The van der Waals surface area contributed by atoms with Crippen LogP contribution in [-0.2, 0) is 19.3 Å². The van der Waals surface area contributed by atoms with Crippen molar-refractivity contribution < 1.29 is 18.3 Å². The second kappa shape index (κ2) is 6.08.